The van der Waals surface area contributed by atoms with E-state index in [1.165, 1.54) is 30.6 Å². The molecule has 1 aromatic heterocycles. The van der Waals surface area contributed by atoms with Gasteiger partial charge in [-0.1, -0.05) is 49.2 Å². The van der Waals surface area contributed by atoms with Gasteiger partial charge in [-0.05, 0) is 68.7 Å². The van der Waals surface area contributed by atoms with Gasteiger partial charge in [0, 0.05) is 27.1 Å². The van der Waals surface area contributed by atoms with Crippen LogP contribution in [0.2, 0.25) is 5.02 Å². The second-order valence-corrected chi connectivity index (χ2v) is 9.11. The number of hydrogen-bond acceptors (Lipinski definition) is 3. The van der Waals surface area contributed by atoms with Crippen molar-refractivity contribution < 1.29 is 0 Å². The first kappa shape index (κ1) is 21.7. The van der Waals surface area contributed by atoms with Crippen LogP contribution in [0, 0.1) is 0 Å². The van der Waals surface area contributed by atoms with Crippen molar-refractivity contribution in [2.24, 2.45) is 4.99 Å². The molecule has 0 aliphatic heterocycles. The molecule has 0 spiro atoms. The Kier molecular flexibility index (Phi) is 7.96. The molecule has 0 atom stereocenters. The van der Waals surface area contributed by atoms with Crippen LogP contribution in [-0.2, 0) is 0 Å². The fourth-order valence-corrected chi connectivity index (χ4v) is 4.90. The third-order valence-electron chi connectivity index (χ3n) is 5.16. The standard InChI is InChI=1S/C24H27ClN2OS/c1-17(26-2)7-3-6-10-21(23-16-15-22(25)24(28)27-23)18-11-13-20(14-12-18)29-19-8-4-5-9-19/h10-16,19H,1-9H2,(H,27,28)/b21-10+. The number of hydrogen-bond donors (Lipinski definition) is 1. The third-order valence-corrected chi connectivity index (χ3v) is 6.81. The molecule has 1 aliphatic carbocycles. The summed E-state index contributed by atoms with van der Waals surface area (Å²) in [4.78, 5) is 20.1. The lowest BCUT2D eigenvalue weighted by molar-refractivity contribution is 0.829. The molecule has 1 fully saturated rings. The van der Waals surface area contributed by atoms with Crippen LogP contribution in [0.15, 0.2) is 69.4 Å². The molecule has 1 aliphatic rings. The van der Waals surface area contributed by atoms with Crippen LogP contribution in [0.4, 0.5) is 0 Å². The van der Waals surface area contributed by atoms with Crippen LogP contribution in [0.5, 0.6) is 0 Å². The highest BCUT2D eigenvalue weighted by molar-refractivity contribution is 8.00. The monoisotopic (exact) mass is 426 g/mol. The molecule has 1 aromatic carbocycles. The van der Waals surface area contributed by atoms with E-state index >= 15 is 0 Å². The number of nitrogens with zero attached hydrogens (tertiary/aromatic N) is 1. The van der Waals surface area contributed by atoms with E-state index in [0.717, 1.165) is 47.0 Å². The van der Waals surface area contributed by atoms with Crippen molar-refractivity contribution in [3.8, 4) is 0 Å². The average molecular weight is 427 g/mol. The Morgan fingerprint density at radius 1 is 1.21 bits per heavy atom. The van der Waals surface area contributed by atoms with Gasteiger partial charge in [-0.3, -0.25) is 9.79 Å². The van der Waals surface area contributed by atoms with Crippen molar-refractivity contribution >= 4 is 35.7 Å². The number of halogens is 1. The fourth-order valence-electron chi connectivity index (χ4n) is 3.54. The molecule has 2 aromatic rings. The number of aromatic amines is 1. The maximum Gasteiger partial charge on any atom is 0.267 e. The molecular formula is C24H27ClN2OS. The highest BCUT2D eigenvalue weighted by atomic mass is 35.5. The minimum absolute atomic E-state index is 0.199. The Morgan fingerprint density at radius 3 is 2.59 bits per heavy atom. The van der Waals surface area contributed by atoms with Crippen LogP contribution < -0.4 is 5.56 Å². The minimum Gasteiger partial charge on any atom is -0.321 e. The summed E-state index contributed by atoms with van der Waals surface area (Å²) in [6, 6.07) is 12.2. The molecule has 0 amide bonds. The lowest BCUT2D eigenvalue weighted by Crippen LogP contribution is -2.08. The average Bonchev–Trinajstić information content (AvgIpc) is 3.24. The van der Waals surface area contributed by atoms with Crippen LogP contribution in [0.25, 0.3) is 5.57 Å². The summed E-state index contributed by atoms with van der Waals surface area (Å²) in [5, 5.41) is 0.944. The maximum absolute atomic E-state index is 12.0. The van der Waals surface area contributed by atoms with Crippen LogP contribution in [-0.4, -0.2) is 17.0 Å². The van der Waals surface area contributed by atoms with E-state index in [1.54, 1.807) is 6.07 Å². The number of thioether (sulfide) groups is 1. The van der Waals surface area contributed by atoms with Crippen molar-refractivity contribution in [2.45, 2.75) is 55.1 Å². The van der Waals surface area contributed by atoms with Gasteiger partial charge >= 0.3 is 0 Å². The molecule has 5 heteroatoms. The lowest BCUT2D eigenvalue weighted by atomic mass is 10.00. The number of aliphatic imine (C=N–C) groups is 1. The van der Waals surface area contributed by atoms with Gasteiger partial charge in [-0.25, -0.2) is 0 Å². The Morgan fingerprint density at radius 2 is 1.93 bits per heavy atom. The highest BCUT2D eigenvalue weighted by Gasteiger charge is 2.16. The van der Waals surface area contributed by atoms with Gasteiger partial charge in [-0.15, -0.1) is 11.8 Å². The molecule has 0 unspecified atom stereocenters. The first-order chi connectivity index (χ1) is 14.1. The SMILES string of the molecule is C=NC(=C)CCC/C=C(\c1ccc(SC2CCCC2)cc1)c1ccc(Cl)c(=O)[nH]1. The summed E-state index contributed by atoms with van der Waals surface area (Å²) in [5.41, 5.74) is 3.39. The summed E-state index contributed by atoms with van der Waals surface area (Å²) >= 11 is 7.90. The number of H-pyrrole nitrogens is 1. The topological polar surface area (TPSA) is 45.2 Å². The predicted molar refractivity (Wildman–Crippen MR) is 126 cm³/mol. The van der Waals surface area contributed by atoms with Gasteiger partial charge in [0.2, 0.25) is 0 Å². The smallest absolute Gasteiger partial charge is 0.267 e. The second kappa shape index (κ2) is 10.7. The lowest BCUT2D eigenvalue weighted by Gasteiger charge is -2.12. The Bertz CT molecular complexity index is 940. The number of rotatable bonds is 9. The molecule has 3 rings (SSSR count). The zero-order chi connectivity index (χ0) is 20.6. The normalized spacial score (nSPS) is 14.9. The van der Waals surface area contributed by atoms with E-state index in [9.17, 15) is 4.79 Å². The van der Waals surface area contributed by atoms with Gasteiger partial charge < -0.3 is 4.98 Å². The number of allylic oxidation sites excluding steroid dienone is 2. The molecule has 152 valence electrons. The van der Waals surface area contributed by atoms with E-state index in [1.807, 2.05) is 17.8 Å². The largest absolute Gasteiger partial charge is 0.321 e. The highest BCUT2D eigenvalue weighted by Crippen LogP contribution is 2.35. The second-order valence-electron chi connectivity index (χ2n) is 7.33. The number of pyridine rings is 1. The Balaban J connectivity index is 1.81. The zero-order valence-corrected chi connectivity index (χ0v) is 18.2. The molecule has 0 saturated heterocycles. The van der Waals surface area contributed by atoms with E-state index in [4.69, 9.17) is 11.6 Å². The van der Waals surface area contributed by atoms with Crippen molar-refractivity contribution in [1.29, 1.82) is 0 Å². The summed E-state index contributed by atoms with van der Waals surface area (Å²) < 4.78 is 0. The molecule has 1 heterocycles. The van der Waals surface area contributed by atoms with E-state index in [-0.39, 0.29) is 10.6 Å². The number of unbranched alkanes of at least 4 members (excludes halogenated alkanes) is 1. The van der Waals surface area contributed by atoms with Crippen LogP contribution in [0.1, 0.15) is 56.2 Å². The molecule has 0 bridgehead atoms. The van der Waals surface area contributed by atoms with Gasteiger partial charge in [0.1, 0.15) is 5.02 Å². The van der Waals surface area contributed by atoms with Gasteiger partial charge in [0.15, 0.2) is 0 Å². The van der Waals surface area contributed by atoms with Gasteiger partial charge in [0.25, 0.3) is 5.56 Å². The molecule has 29 heavy (non-hydrogen) atoms. The third kappa shape index (κ3) is 6.22. The fraction of sp³-hybridized carbons (Fsp3) is 0.333. The first-order valence-corrected chi connectivity index (χ1v) is 11.3. The first-order valence-electron chi connectivity index (χ1n) is 10.1. The predicted octanol–water partition coefficient (Wildman–Crippen LogP) is 6.88. The number of benzene rings is 1. The molecular weight excluding hydrogens is 400 g/mol. The Hall–Kier alpha value is -2.04. The summed E-state index contributed by atoms with van der Waals surface area (Å²) in [7, 11) is 0. The van der Waals surface area contributed by atoms with Gasteiger partial charge in [0.05, 0.1) is 0 Å². The summed E-state index contributed by atoms with van der Waals surface area (Å²) in [5.74, 6) is 0. The van der Waals surface area contributed by atoms with Gasteiger partial charge in [-0.2, -0.15) is 0 Å². The van der Waals surface area contributed by atoms with E-state index in [0.29, 0.717) is 0 Å². The minimum atomic E-state index is -0.271. The molecule has 0 radical (unpaired) electrons. The van der Waals surface area contributed by atoms with E-state index in [2.05, 4.69) is 53.6 Å². The Labute approximate surface area is 182 Å². The van der Waals surface area contributed by atoms with Crippen LogP contribution >= 0.6 is 23.4 Å². The van der Waals surface area contributed by atoms with Crippen molar-refractivity contribution in [1.82, 2.24) is 4.98 Å². The molecule has 1 saturated carbocycles. The number of nitrogens with one attached hydrogen (secondary N) is 1. The zero-order valence-electron chi connectivity index (χ0n) is 16.6. The van der Waals surface area contributed by atoms with Crippen molar-refractivity contribution in [3.63, 3.8) is 0 Å². The van der Waals surface area contributed by atoms with Crippen molar-refractivity contribution in [3.05, 3.63) is 81.4 Å². The summed E-state index contributed by atoms with van der Waals surface area (Å²) in [6.45, 7) is 7.38. The maximum atomic E-state index is 12.0. The van der Waals surface area contributed by atoms with Crippen molar-refractivity contribution in [2.75, 3.05) is 0 Å². The number of aromatic nitrogens is 1. The molecule has 3 nitrogen and oxygen atoms in total. The van der Waals surface area contributed by atoms with Crippen LogP contribution in [0.3, 0.4) is 0 Å². The molecule has 1 N–H and O–H groups in total. The summed E-state index contributed by atoms with van der Waals surface area (Å²) in [6.07, 6.45) is 10.1. The quantitative estimate of drug-likeness (QED) is 0.351. The van der Waals surface area contributed by atoms with E-state index < -0.39 is 0 Å².